The zero-order chi connectivity index (χ0) is 14.4. The molecule has 20 heavy (non-hydrogen) atoms. The van der Waals surface area contributed by atoms with Gasteiger partial charge in [0.15, 0.2) is 0 Å². The minimum atomic E-state index is -0.460. The monoisotopic (exact) mass is 270 g/mol. The molecule has 0 fully saturated rings. The summed E-state index contributed by atoms with van der Waals surface area (Å²) >= 11 is 0. The summed E-state index contributed by atoms with van der Waals surface area (Å²) in [5, 5.41) is 20.9. The van der Waals surface area contributed by atoms with Gasteiger partial charge in [-0.05, 0) is 17.2 Å². The van der Waals surface area contributed by atoms with Crippen molar-refractivity contribution in [2.75, 3.05) is 0 Å². The molecule has 4 heteroatoms. The molecule has 0 heterocycles. The molecule has 0 saturated carbocycles. The molecule has 0 aromatic heterocycles. The molecule has 0 aliphatic heterocycles. The number of rotatable bonds is 5. The van der Waals surface area contributed by atoms with E-state index in [0.29, 0.717) is 18.7 Å². The van der Waals surface area contributed by atoms with Gasteiger partial charge < -0.3 is 10.4 Å². The molecule has 3 nitrogen and oxygen atoms in total. The highest BCUT2D eigenvalue weighted by Gasteiger charge is 2.06. The summed E-state index contributed by atoms with van der Waals surface area (Å²) < 4.78 is 13.8. The number of hydrogen-bond donors (Lipinski definition) is 2. The minimum absolute atomic E-state index is 0.0277. The highest BCUT2D eigenvalue weighted by atomic mass is 19.1. The fourth-order valence-electron chi connectivity index (χ4n) is 1.91. The van der Waals surface area contributed by atoms with Crippen molar-refractivity contribution >= 4 is 0 Å². The normalized spacial score (nSPS) is 10.2. The summed E-state index contributed by atoms with van der Waals surface area (Å²) in [4.78, 5) is 0. The van der Waals surface area contributed by atoms with Gasteiger partial charge in [0.05, 0.1) is 12.2 Å². The number of benzene rings is 2. The number of hydrogen-bond acceptors (Lipinski definition) is 3. The number of nitriles is 1. The lowest BCUT2D eigenvalue weighted by Crippen LogP contribution is -2.14. The third-order valence-corrected chi connectivity index (χ3v) is 3.05. The first-order chi connectivity index (χ1) is 9.74. The molecule has 0 bridgehead atoms. The second-order valence-electron chi connectivity index (χ2n) is 4.47. The van der Waals surface area contributed by atoms with E-state index in [9.17, 15) is 4.39 Å². The van der Waals surface area contributed by atoms with Gasteiger partial charge in [-0.15, -0.1) is 0 Å². The Labute approximate surface area is 117 Å². The van der Waals surface area contributed by atoms with Gasteiger partial charge in [0, 0.05) is 18.7 Å². The molecular weight excluding hydrogens is 255 g/mol. The van der Waals surface area contributed by atoms with Crippen molar-refractivity contribution in [3.05, 3.63) is 70.5 Å². The van der Waals surface area contributed by atoms with Gasteiger partial charge in [0.1, 0.15) is 11.9 Å². The average Bonchev–Trinajstić information content (AvgIpc) is 2.49. The van der Waals surface area contributed by atoms with E-state index in [1.807, 2.05) is 30.3 Å². The van der Waals surface area contributed by atoms with Crippen LogP contribution in [0.15, 0.2) is 42.5 Å². The number of nitrogens with one attached hydrogen (secondary N) is 1. The predicted octanol–water partition coefficient (Wildman–Crippen LogP) is 2.48. The number of nitrogens with zero attached hydrogens (tertiary/aromatic N) is 1. The summed E-state index contributed by atoms with van der Waals surface area (Å²) in [5.74, 6) is -0.460. The zero-order valence-electron chi connectivity index (χ0n) is 10.9. The molecule has 2 aromatic rings. The Bertz CT molecular complexity index is 617. The summed E-state index contributed by atoms with van der Waals surface area (Å²) in [7, 11) is 0. The van der Waals surface area contributed by atoms with E-state index in [1.54, 1.807) is 12.1 Å². The number of aliphatic hydroxyl groups excluding tert-OH is 1. The molecule has 2 aromatic carbocycles. The van der Waals surface area contributed by atoms with Crippen LogP contribution >= 0.6 is 0 Å². The SMILES string of the molecule is N#Cc1cccc(CNCc2ccc(CO)cc2)c1F. The van der Waals surface area contributed by atoms with Crippen molar-refractivity contribution in [1.29, 1.82) is 5.26 Å². The quantitative estimate of drug-likeness (QED) is 0.877. The highest BCUT2D eigenvalue weighted by molar-refractivity contribution is 5.35. The molecular formula is C16H15FN2O. The lowest BCUT2D eigenvalue weighted by Gasteiger charge is -2.07. The third kappa shape index (κ3) is 3.41. The molecule has 2 rings (SSSR count). The van der Waals surface area contributed by atoms with Crippen LogP contribution in [0.3, 0.4) is 0 Å². The van der Waals surface area contributed by atoms with Gasteiger partial charge in [-0.3, -0.25) is 0 Å². The molecule has 0 aliphatic carbocycles. The lowest BCUT2D eigenvalue weighted by atomic mass is 10.1. The van der Waals surface area contributed by atoms with E-state index in [2.05, 4.69) is 5.32 Å². The van der Waals surface area contributed by atoms with Gasteiger partial charge in [-0.25, -0.2) is 4.39 Å². The third-order valence-electron chi connectivity index (χ3n) is 3.05. The van der Waals surface area contributed by atoms with Gasteiger partial charge >= 0.3 is 0 Å². The van der Waals surface area contributed by atoms with Crippen molar-refractivity contribution in [2.24, 2.45) is 0 Å². The van der Waals surface area contributed by atoms with E-state index in [4.69, 9.17) is 10.4 Å². The molecule has 0 radical (unpaired) electrons. The predicted molar refractivity (Wildman–Crippen MR) is 74.0 cm³/mol. The smallest absolute Gasteiger partial charge is 0.145 e. The van der Waals surface area contributed by atoms with Crippen molar-refractivity contribution < 1.29 is 9.50 Å². The lowest BCUT2D eigenvalue weighted by molar-refractivity contribution is 0.282. The molecule has 0 aliphatic rings. The van der Waals surface area contributed by atoms with E-state index in [-0.39, 0.29) is 12.2 Å². The second-order valence-corrected chi connectivity index (χ2v) is 4.47. The van der Waals surface area contributed by atoms with Crippen molar-refractivity contribution in [3.8, 4) is 6.07 Å². The Balaban J connectivity index is 1.94. The van der Waals surface area contributed by atoms with E-state index < -0.39 is 5.82 Å². The first-order valence-corrected chi connectivity index (χ1v) is 6.31. The zero-order valence-corrected chi connectivity index (χ0v) is 10.9. The van der Waals surface area contributed by atoms with Crippen LogP contribution < -0.4 is 5.32 Å². The fourth-order valence-corrected chi connectivity index (χ4v) is 1.91. The van der Waals surface area contributed by atoms with Crippen LogP contribution in [0.25, 0.3) is 0 Å². The van der Waals surface area contributed by atoms with Crippen LogP contribution in [0.4, 0.5) is 4.39 Å². The van der Waals surface area contributed by atoms with Crippen LogP contribution in [0.1, 0.15) is 22.3 Å². The maximum Gasteiger partial charge on any atom is 0.145 e. The molecule has 102 valence electrons. The molecule has 0 spiro atoms. The summed E-state index contributed by atoms with van der Waals surface area (Å²) in [6.07, 6.45) is 0. The molecule has 0 amide bonds. The van der Waals surface area contributed by atoms with Crippen molar-refractivity contribution in [2.45, 2.75) is 19.7 Å². The van der Waals surface area contributed by atoms with Gasteiger partial charge in [0.2, 0.25) is 0 Å². The van der Waals surface area contributed by atoms with Crippen LogP contribution in [-0.4, -0.2) is 5.11 Å². The maximum atomic E-state index is 13.8. The Morgan fingerprint density at radius 2 is 1.75 bits per heavy atom. The Hall–Kier alpha value is -2.22. The highest BCUT2D eigenvalue weighted by Crippen LogP contribution is 2.12. The molecule has 0 saturated heterocycles. The van der Waals surface area contributed by atoms with Crippen LogP contribution in [-0.2, 0) is 19.7 Å². The van der Waals surface area contributed by atoms with E-state index >= 15 is 0 Å². The first-order valence-electron chi connectivity index (χ1n) is 6.31. The number of aliphatic hydroxyl groups is 1. The van der Waals surface area contributed by atoms with Crippen molar-refractivity contribution in [1.82, 2.24) is 5.32 Å². The minimum Gasteiger partial charge on any atom is -0.392 e. The topological polar surface area (TPSA) is 56.0 Å². The van der Waals surface area contributed by atoms with Crippen LogP contribution in [0.5, 0.6) is 0 Å². The molecule has 0 atom stereocenters. The van der Waals surface area contributed by atoms with Gasteiger partial charge in [-0.2, -0.15) is 5.26 Å². The first kappa shape index (κ1) is 14.2. The second kappa shape index (κ2) is 6.80. The summed E-state index contributed by atoms with van der Waals surface area (Å²) in [5.41, 5.74) is 2.47. The Kier molecular flexibility index (Phi) is 4.83. The standard InChI is InChI=1S/C16H15FN2O/c17-16-14(8-18)2-1-3-15(16)10-19-9-12-4-6-13(11-20)7-5-12/h1-7,19-20H,9-11H2. The van der Waals surface area contributed by atoms with Gasteiger partial charge in [-0.1, -0.05) is 36.4 Å². The van der Waals surface area contributed by atoms with E-state index in [1.165, 1.54) is 6.07 Å². The average molecular weight is 270 g/mol. The molecule has 2 N–H and O–H groups in total. The Morgan fingerprint density at radius 1 is 1.05 bits per heavy atom. The Morgan fingerprint density at radius 3 is 2.40 bits per heavy atom. The van der Waals surface area contributed by atoms with Gasteiger partial charge in [0.25, 0.3) is 0 Å². The largest absolute Gasteiger partial charge is 0.392 e. The van der Waals surface area contributed by atoms with Crippen molar-refractivity contribution in [3.63, 3.8) is 0 Å². The van der Waals surface area contributed by atoms with Crippen LogP contribution in [0.2, 0.25) is 0 Å². The summed E-state index contributed by atoms with van der Waals surface area (Å²) in [6, 6.07) is 14.2. The summed E-state index contributed by atoms with van der Waals surface area (Å²) in [6.45, 7) is 0.991. The van der Waals surface area contributed by atoms with Crippen LogP contribution in [0, 0.1) is 17.1 Å². The fraction of sp³-hybridized carbons (Fsp3) is 0.188. The van der Waals surface area contributed by atoms with E-state index in [0.717, 1.165) is 11.1 Å². The maximum absolute atomic E-state index is 13.8. The number of halogens is 1. The molecule has 0 unspecified atom stereocenters.